The van der Waals surface area contributed by atoms with Gasteiger partial charge in [-0.3, -0.25) is 0 Å². The van der Waals surface area contributed by atoms with Gasteiger partial charge in [-0.2, -0.15) is 0 Å². The highest BCUT2D eigenvalue weighted by atomic mass is 79.9. The van der Waals surface area contributed by atoms with Crippen LogP contribution in [0.25, 0.3) is 0 Å². The fraction of sp³-hybridized carbons (Fsp3) is 0.538. The second-order valence-electron chi connectivity index (χ2n) is 4.99. The van der Waals surface area contributed by atoms with Crippen molar-refractivity contribution in [2.24, 2.45) is 5.73 Å². The summed E-state index contributed by atoms with van der Waals surface area (Å²) in [6, 6.07) is 5.11. The smallest absolute Gasteiger partial charge is 0.137 e. The van der Waals surface area contributed by atoms with Gasteiger partial charge in [-0.1, -0.05) is 6.07 Å². The third-order valence-corrected chi connectivity index (χ3v) is 4.09. The molecule has 0 aromatic heterocycles. The lowest BCUT2D eigenvalue weighted by molar-refractivity contribution is 0.000190. The van der Waals surface area contributed by atoms with Crippen molar-refractivity contribution < 1.29 is 9.50 Å². The Bertz CT molecular complexity index is 402. The van der Waals surface area contributed by atoms with Gasteiger partial charge in [0, 0.05) is 12.5 Å². The molecular formula is C13H17BrFNO. The average molecular weight is 302 g/mol. The summed E-state index contributed by atoms with van der Waals surface area (Å²) in [5, 5.41) is 10.4. The standard InChI is InChI=1S/C13H17BrFNO/c14-11-7-9(1-2-12(11)15)8-13(17)5-3-10(16)4-6-13/h1-2,7,10,17H,3-6,8,16H2. The summed E-state index contributed by atoms with van der Waals surface area (Å²) >= 11 is 3.16. The highest BCUT2D eigenvalue weighted by Gasteiger charge is 2.32. The van der Waals surface area contributed by atoms with Crippen LogP contribution in [-0.2, 0) is 6.42 Å². The Morgan fingerprint density at radius 2 is 2.06 bits per heavy atom. The Balaban J connectivity index is 2.07. The van der Waals surface area contributed by atoms with Crippen molar-refractivity contribution in [1.29, 1.82) is 0 Å². The molecule has 0 unspecified atom stereocenters. The molecule has 1 aromatic carbocycles. The lowest BCUT2D eigenvalue weighted by Gasteiger charge is -2.35. The Kier molecular flexibility index (Phi) is 3.85. The Morgan fingerprint density at radius 1 is 1.41 bits per heavy atom. The van der Waals surface area contributed by atoms with Gasteiger partial charge in [0.25, 0.3) is 0 Å². The molecule has 0 radical (unpaired) electrons. The van der Waals surface area contributed by atoms with Crippen molar-refractivity contribution in [2.75, 3.05) is 0 Å². The molecule has 1 aromatic rings. The summed E-state index contributed by atoms with van der Waals surface area (Å²) in [4.78, 5) is 0. The molecule has 0 bridgehead atoms. The highest BCUT2D eigenvalue weighted by molar-refractivity contribution is 9.10. The van der Waals surface area contributed by atoms with E-state index in [0.29, 0.717) is 10.9 Å². The van der Waals surface area contributed by atoms with Crippen LogP contribution < -0.4 is 5.73 Å². The zero-order chi connectivity index (χ0) is 12.5. The van der Waals surface area contributed by atoms with Crippen molar-refractivity contribution in [3.63, 3.8) is 0 Å². The lowest BCUT2D eigenvalue weighted by atomic mass is 9.79. The summed E-state index contributed by atoms with van der Waals surface area (Å²) in [7, 11) is 0. The molecule has 0 amide bonds. The number of hydrogen-bond acceptors (Lipinski definition) is 2. The van der Waals surface area contributed by atoms with E-state index in [4.69, 9.17) is 5.73 Å². The monoisotopic (exact) mass is 301 g/mol. The van der Waals surface area contributed by atoms with Crippen LogP contribution in [0.4, 0.5) is 4.39 Å². The van der Waals surface area contributed by atoms with Crippen molar-refractivity contribution in [3.05, 3.63) is 34.1 Å². The quantitative estimate of drug-likeness (QED) is 0.882. The summed E-state index contributed by atoms with van der Waals surface area (Å²) in [5.41, 5.74) is 6.11. The molecule has 1 saturated carbocycles. The molecule has 1 aliphatic carbocycles. The molecule has 0 heterocycles. The van der Waals surface area contributed by atoms with E-state index in [1.165, 1.54) is 6.07 Å². The molecule has 2 rings (SSSR count). The van der Waals surface area contributed by atoms with Crippen LogP contribution in [0.15, 0.2) is 22.7 Å². The highest BCUT2D eigenvalue weighted by Crippen LogP contribution is 2.31. The fourth-order valence-corrected chi connectivity index (χ4v) is 2.81. The van der Waals surface area contributed by atoms with Crippen LogP contribution in [0.2, 0.25) is 0 Å². The van der Waals surface area contributed by atoms with Gasteiger partial charge in [-0.25, -0.2) is 4.39 Å². The predicted molar refractivity (Wildman–Crippen MR) is 69.2 cm³/mol. The molecule has 2 nitrogen and oxygen atoms in total. The molecule has 0 atom stereocenters. The number of benzene rings is 1. The van der Waals surface area contributed by atoms with Gasteiger partial charge >= 0.3 is 0 Å². The number of halogens is 2. The van der Waals surface area contributed by atoms with E-state index < -0.39 is 5.60 Å². The van der Waals surface area contributed by atoms with E-state index in [9.17, 15) is 9.50 Å². The van der Waals surface area contributed by atoms with Crippen molar-refractivity contribution in [3.8, 4) is 0 Å². The van der Waals surface area contributed by atoms with Crippen LogP contribution >= 0.6 is 15.9 Å². The lowest BCUT2D eigenvalue weighted by Crippen LogP contribution is -2.40. The normalized spacial score (nSPS) is 29.3. The van der Waals surface area contributed by atoms with Crippen LogP contribution in [0.1, 0.15) is 31.2 Å². The minimum Gasteiger partial charge on any atom is -0.390 e. The molecule has 0 spiro atoms. The molecule has 17 heavy (non-hydrogen) atoms. The van der Waals surface area contributed by atoms with Gasteiger partial charge in [0.15, 0.2) is 0 Å². The first-order valence-electron chi connectivity index (χ1n) is 5.90. The zero-order valence-corrected chi connectivity index (χ0v) is 11.2. The Labute approximate surface area is 109 Å². The molecule has 1 fully saturated rings. The van der Waals surface area contributed by atoms with Crippen LogP contribution in [0.3, 0.4) is 0 Å². The van der Waals surface area contributed by atoms with Crippen LogP contribution in [0, 0.1) is 5.82 Å². The number of hydrogen-bond donors (Lipinski definition) is 2. The summed E-state index contributed by atoms with van der Waals surface area (Å²) in [6.07, 6.45) is 3.74. The maximum absolute atomic E-state index is 13.1. The van der Waals surface area contributed by atoms with Gasteiger partial charge < -0.3 is 10.8 Å². The predicted octanol–water partition coefficient (Wildman–Crippen LogP) is 2.76. The topological polar surface area (TPSA) is 46.2 Å². The van der Waals surface area contributed by atoms with Gasteiger partial charge in [-0.15, -0.1) is 0 Å². The maximum Gasteiger partial charge on any atom is 0.137 e. The summed E-state index contributed by atoms with van der Waals surface area (Å²) in [6.45, 7) is 0. The van der Waals surface area contributed by atoms with Gasteiger partial charge in [0.1, 0.15) is 5.82 Å². The minimum absolute atomic E-state index is 0.218. The van der Waals surface area contributed by atoms with Gasteiger partial charge in [-0.05, 0) is 59.3 Å². The molecule has 0 saturated heterocycles. The summed E-state index contributed by atoms with van der Waals surface area (Å²) in [5.74, 6) is -0.272. The maximum atomic E-state index is 13.1. The Hall–Kier alpha value is -0.450. The third-order valence-electron chi connectivity index (χ3n) is 3.48. The second kappa shape index (κ2) is 5.04. The minimum atomic E-state index is -0.673. The molecule has 0 aliphatic heterocycles. The molecular weight excluding hydrogens is 285 g/mol. The van der Waals surface area contributed by atoms with Gasteiger partial charge in [0.2, 0.25) is 0 Å². The van der Waals surface area contributed by atoms with E-state index in [1.807, 2.05) is 0 Å². The van der Waals surface area contributed by atoms with E-state index >= 15 is 0 Å². The van der Waals surface area contributed by atoms with Gasteiger partial charge in [0.05, 0.1) is 10.1 Å². The average Bonchev–Trinajstić information content (AvgIpc) is 2.28. The first-order valence-corrected chi connectivity index (χ1v) is 6.70. The number of rotatable bonds is 2. The van der Waals surface area contributed by atoms with Crippen LogP contribution in [-0.4, -0.2) is 16.7 Å². The zero-order valence-electron chi connectivity index (χ0n) is 9.63. The first kappa shape index (κ1) is 13.0. The van der Waals surface area contributed by atoms with Crippen molar-refractivity contribution in [2.45, 2.75) is 43.7 Å². The van der Waals surface area contributed by atoms with Crippen molar-refractivity contribution >= 4 is 15.9 Å². The number of aliphatic hydroxyl groups is 1. The van der Waals surface area contributed by atoms with Crippen molar-refractivity contribution in [1.82, 2.24) is 0 Å². The molecule has 1 aliphatic rings. The van der Waals surface area contributed by atoms with E-state index in [2.05, 4.69) is 15.9 Å². The van der Waals surface area contributed by atoms with Crippen LogP contribution in [0.5, 0.6) is 0 Å². The second-order valence-corrected chi connectivity index (χ2v) is 5.84. The Morgan fingerprint density at radius 3 is 2.65 bits per heavy atom. The molecule has 3 N–H and O–H groups in total. The van der Waals surface area contributed by atoms with E-state index in [-0.39, 0.29) is 11.9 Å². The first-order chi connectivity index (χ1) is 7.98. The summed E-state index contributed by atoms with van der Waals surface area (Å²) < 4.78 is 13.5. The third kappa shape index (κ3) is 3.27. The molecule has 94 valence electrons. The fourth-order valence-electron chi connectivity index (χ4n) is 2.38. The van der Waals surface area contributed by atoms with E-state index in [0.717, 1.165) is 31.2 Å². The SMILES string of the molecule is NC1CCC(O)(Cc2ccc(F)c(Br)c2)CC1. The van der Waals surface area contributed by atoms with E-state index in [1.54, 1.807) is 12.1 Å². The largest absolute Gasteiger partial charge is 0.390 e. The molecule has 4 heteroatoms. The number of nitrogens with two attached hydrogens (primary N) is 1.